The molecule has 2 aromatic rings. The molecular weight excluding hydrogens is 289 g/mol. The number of hydrogen-bond acceptors (Lipinski definition) is 2. The van der Waals surface area contributed by atoms with Crippen LogP contribution in [0.15, 0.2) is 36.4 Å². The van der Waals surface area contributed by atoms with E-state index in [4.69, 9.17) is 22.1 Å². The van der Waals surface area contributed by atoms with E-state index in [2.05, 4.69) is 11.8 Å². The maximum atomic E-state index is 13.2. The highest BCUT2D eigenvalue weighted by Crippen LogP contribution is 2.23. The first-order chi connectivity index (χ1) is 10.1. The van der Waals surface area contributed by atoms with Gasteiger partial charge in [0, 0.05) is 10.6 Å². The van der Waals surface area contributed by atoms with Crippen LogP contribution < -0.4 is 10.5 Å². The second kappa shape index (κ2) is 7.12. The summed E-state index contributed by atoms with van der Waals surface area (Å²) >= 11 is 6.02. The highest BCUT2D eigenvalue weighted by atomic mass is 35.5. The molecule has 0 atom stereocenters. The van der Waals surface area contributed by atoms with Crippen LogP contribution in [0.4, 0.5) is 4.39 Å². The number of nitrogens with two attached hydrogens (primary N) is 1. The van der Waals surface area contributed by atoms with E-state index in [0.29, 0.717) is 16.3 Å². The summed E-state index contributed by atoms with van der Waals surface area (Å²) in [5.74, 6) is 6.06. The molecule has 0 aromatic heterocycles. The normalized spacial score (nSPS) is 9.90. The van der Waals surface area contributed by atoms with E-state index in [-0.39, 0.29) is 19.0 Å². The van der Waals surface area contributed by atoms with Crippen molar-refractivity contribution < 1.29 is 9.13 Å². The van der Waals surface area contributed by atoms with E-state index >= 15 is 0 Å². The highest BCUT2D eigenvalue weighted by molar-refractivity contribution is 6.31. The third kappa shape index (κ3) is 4.22. The van der Waals surface area contributed by atoms with Gasteiger partial charge in [0.05, 0.1) is 12.1 Å². The van der Waals surface area contributed by atoms with Gasteiger partial charge in [-0.2, -0.15) is 0 Å². The summed E-state index contributed by atoms with van der Waals surface area (Å²) < 4.78 is 18.9. The smallest absolute Gasteiger partial charge is 0.135 e. The Kier molecular flexibility index (Phi) is 5.21. The van der Waals surface area contributed by atoms with Crippen LogP contribution >= 0.6 is 11.6 Å². The molecule has 2 N–H and O–H groups in total. The van der Waals surface area contributed by atoms with Crippen LogP contribution in [0.3, 0.4) is 0 Å². The molecule has 0 amide bonds. The number of rotatable bonds is 3. The van der Waals surface area contributed by atoms with Gasteiger partial charge in [0.1, 0.15) is 18.2 Å². The summed E-state index contributed by atoms with van der Waals surface area (Å²) in [7, 11) is 0. The molecule has 2 rings (SSSR count). The van der Waals surface area contributed by atoms with Crippen molar-refractivity contribution in [1.29, 1.82) is 0 Å². The number of hydrogen-bond donors (Lipinski definition) is 1. The quantitative estimate of drug-likeness (QED) is 0.878. The molecule has 2 aromatic carbocycles. The molecule has 108 valence electrons. The zero-order valence-electron chi connectivity index (χ0n) is 11.6. The van der Waals surface area contributed by atoms with E-state index in [9.17, 15) is 4.39 Å². The average molecular weight is 304 g/mol. The molecule has 0 bridgehead atoms. The second-order valence-corrected chi connectivity index (χ2v) is 4.94. The molecule has 4 heteroatoms. The van der Waals surface area contributed by atoms with Gasteiger partial charge in [0.25, 0.3) is 0 Å². The third-order valence-electron chi connectivity index (χ3n) is 2.85. The van der Waals surface area contributed by atoms with Gasteiger partial charge in [0.2, 0.25) is 0 Å². The van der Waals surface area contributed by atoms with Gasteiger partial charge in [-0.3, -0.25) is 0 Å². The first-order valence-corrected chi connectivity index (χ1v) is 6.84. The number of ether oxygens (including phenoxy) is 1. The molecule has 0 saturated carbocycles. The van der Waals surface area contributed by atoms with Gasteiger partial charge in [-0.05, 0) is 42.8 Å². The minimum Gasteiger partial charge on any atom is -0.488 e. The van der Waals surface area contributed by atoms with Crippen molar-refractivity contribution in [3.63, 3.8) is 0 Å². The van der Waals surface area contributed by atoms with Crippen LogP contribution in [0.2, 0.25) is 5.02 Å². The highest BCUT2D eigenvalue weighted by Gasteiger charge is 2.06. The fraction of sp³-hybridized carbons (Fsp3) is 0.176. The van der Waals surface area contributed by atoms with Crippen molar-refractivity contribution in [2.75, 3.05) is 6.54 Å². The van der Waals surface area contributed by atoms with Gasteiger partial charge in [-0.1, -0.05) is 29.5 Å². The molecule has 0 radical (unpaired) electrons. The lowest BCUT2D eigenvalue weighted by molar-refractivity contribution is 0.305. The molecule has 0 fully saturated rings. The lowest BCUT2D eigenvalue weighted by Crippen LogP contribution is -1.99. The molecule has 0 aliphatic rings. The number of aryl methyl sites for hydroxylation is 1. The van der Waals surface area contributed by atoms with Crippen molar-refractivity contribution in [1.82, 2.24) is 0 Å². The first-order valence-electron chi connectivity index (χ1n) is 6.46. The van der Waals surface area contributed by atoms with E-state index in [1.807, 2.05) is 25.1 Å². The topological polar surface area (TPSA) is 35.2 Å². The standard InChI is InChI=1S/C17H15ClFNO/c1-12-4-7-17(13(9-12)3-2-8-20)21-11-14-10-15(19)5-6-16(14)18/h4-7,9-10H,8,11,20H2,1H3. The van der Waals surface area contributed by atoms with Crippen LogP contribution in [-0.2, 0) is 6.61 Å². The summed E-state index contributed by atoms with van der Waals surface area (Å²) in [5.41, 5.74) is 7.82. The fourth-order valence-corrected chi connectivity index (χ4v) is 2.00. The van der Waals surface area contributed by atoms with Crippen LogP contribution in [0, 0.1) is 24.6 Å². The Balaban J connectivity index is 2.21. The zero-order valence-corrected chi connectivity index (χ0v) is 12.4. The predicted octanol–water partition coefficient (Wildman–Crippen LogP) is 3.68. The molecule has 0 heterocycles. The Hall–Kier alpha value is -2.02. The summed E-state index contributed by atoms with van der Waals surface area (Å²) in [6, 6.07) is 9.88. The van der Waals surface area contributed by atoms with Crippen molar-refractivity contribution in [2.24, 2.45) is 5.73 Å². The molecule has 0 spiro atoms. The summed E-state index contributed by atoms with van der Waals surface area (Å²) in [6.07, 6.45) is 0. The molecule has 0 saturated heterocycles. The molecule has 0 aliphatic carbocycles. The van der Waals surface area contributed by atoms with Crippen molar-refractivity contribution in [2.45, 2.75) is 13.5 Å². The monoisotopic (exact) mass is 303 g/mol. The van der Waals surface area contributed by atoms with Crippen molar-refractivity contribution in [3.8, 4) is 17.6 Å². The molecule has 0 aliphatic heterocycles. The minimum absolute atomic E-state index is 0.178. The first kappa shape index (κ1) is 15.4. The average Bonchev–Trinajstić information content (AvgIpc) is 2.47. The van der Waals surface area contributed by atoms with E-state index in [1.165, 1.54) is 18.2 Å². The molecular formula is C17H15ClFNO. The summed E-state index contributed by atoms with van der Waals surface area (Å²) in [6.45, 7) is 2.43. The van der Waals surface area contributed by atoms with Gasteiger partial charge in [-0.25, -0.2) is 4.39 Å². The zero-order chi connectivity index (χ0) is 15.2. The summed E-state index contributed by atoms with van der Waals surface area (Å²) in [4.78, 5) is 0. The van der Waals surface area contributed by atoms with Crippen molar-refractivity contribution in [3.05, 3.63) is 63.9 Å². The van der Waals surface area contributed by atoms with Crippen LogP contribution in [0.5, 0.6) is 5.75 Å². The molecule has 0 unspecified atom stereocenters. The van der Waals surface area contributed by atoms with Gasteiger partial charge >= 0.3 is 0 Å². The lowest BCUT2D eigenvalue weighted by atomic mass is 10.1. The minimum atomic E-state index is -0.343. The largest absolute Gasteiger partial charge is 0.488 e. The summed E-state index contributed by atoms with van der Waals surface area (Å²) in [5, 5.41) is 0.470. The van der Waals surface area contributed by atoms with Crippen LogP contribution in [-0.4, -0.2) is 6.54 Å². The molecule has 21 heavy (non-hydrogen) atoms. The van der Waals surface area contributed by atoms with Gasteiger partial charge in [-0.15, -0.1) is 0 Å². The fourth-order valence-electron chi connectivity index (χ4n) is 1.82. The maximum absolute atomic E-state index is 13.2. The SMILES string of the molecule is Cc1ccc(OCc2cc(F)ccc2Cl)c(C#CCN)c1. The predicted molar refractivity (Wildman–Crippen MR) is 82.9 cm³/mol. The number of benzene rings is 2. The maximum Gasteiger partial charge on any atom is 0.135 e. The van der Waals surface area contributed by atoms with Crippen LogP contribution in [0.25, 0.3) is 0 Å². The Morgan fingerprint density at radius 2 is 2.05 bits per heavy atom. The van der Waals surface area contributed by atoms with Crippen molar-refractivity contribution >= 4 is 11.6 Å². The Morgan fingerprint density at radius 1 is 1.24 bits per heavy atom. The Bertz CT molecular complexity index is 704. The van der Waals surface area contributed by atoms with Gasteiger partial charge in [0.15, 0.2) is 0 Å². The third-order valence-corrected chi connectivity index (χ3v) is 3.22. The van der Waals surface area contributed by atoms with Gasteiger partial charge < -0.3 is 10.5 Å². The number of halogens is 2. The van der Waals surface area contributed by atoms with E-state index in [1.54, 1.807) is 0 Å². The second-order valence-electron chi connectivity index (χ2n) is 4.53. The lowest BCUT2D eigenvalue weighted by Gasteiger charge is -2.10. The van der Waals surface area contributed by atoms with E-state index < -0.39 is 0 Å². The Morgan fingerprint density at radius 3 is 2.81 bits per heavy atom. The Labute approximate surface area is 128 Å². The molecule has 2 nitrogen and oxygen atoms in total. The van der Waals surface area contributed by atoms with E-state index in [0.717, 1.165) is 11.1 Å². The van der Waals surface area contributed by atoms with Crippen LogP contribution in [0.1, 0.15) is 16.7 Å².